The lowest BCUT2D eigenvalue weighted by Gasteiger charge is -2.32. The molecule has 0 spiro atoms. The Morgan fingerprint density at radius 2 is 2.33 bits per heavy atom. The van der Waals surface area contributed by atoms with Gasteiger partial charge in [-0.2, -0.15) is 5.10 Å². The number of rotatable bonds is 4. The molecule has 2 amide bonds. The van der Waals surface area contributed by atoms with Crippen LogP contribution in [-0.2, 0) is 23.1 Å². The number of carbonyl (C=O) groups excluding carboxylic acids is 1. The topological polar surface area (TPSA) is 96.7 Å². The van der Waals surface area contributed by atoms with Crippen LogP contribution in [0, 0.1) is 6.92 Å². The second-order valence-corrected chi connectivity index (χ2v) is 5.07. The van der Waals surface area contributed by atoms with E-state index in [1.165, 1.54) is 0 Å². The van der Waals surface area contributed by atoms with Crippen molar-refractivity contribution in [3.63, 3.8) is 0 Å². The molecule has 21 heavy (non-hydrogen) atoms. The number of amides is 2. The van der Waals surface area contributed by atoms with Crippen LogP contribution in [0.25, 0.3) is 0 Å². The number of carboxylic acid groups (broad SMARTS) is 1. The summed E-state index contributed by atoms with van der Waals surface area (Å²) in [5.74, 6) is -0.923. The molecule has 1 atom stereocenters. The van der Waals surface area contributed by atoms with Gasteiger partial charge < -0.3 is 20.1 Å². The molecule has 1 aromatic heterocycles. The van der Waals surface area contributed by atoms with E-state index in [1.54, 1.807) is 15.8 Å². The normalized spacial score (nSPS) is 18.6. The van der Waals surface area contributed by atoms with Crippen molar-refractivity contribution in [1.82, 2.24) is 20.0 Å². The van der Waals surface area contributed by atoms with Crippen molar-refractivity contribution in [2.24, 2.45) is 7.05 Å². The van der Waals surface area contributed by atoms with E-state index in [4.69, 9.17) is 9.84 Å². The Bertz CT molecular complexity index is 528. The number of carbonyl (C=O) groups is 2. The van der Waals surface area contributed by atoms with Gasteiger partial charge >= 0.3 is 12.0 Å². The van der Waals surface area contributed by atoms with E-state index < -0.39 is 12.1 Å². The Labute approximate surface area is 122 Å². The maximum atomic E-state index is 12.1. The van der Waals surface area contributed by atoms with Crippen LogP contribution >= 0.6 is 0 Å². The minimum absolute atomic E-state index is 0.0918. The highest BCUT2D eigenvalue weighted by Crippen LogP contribution is 2.10. The van der Waals surface area contributed by atoms with Crippen molar-refractivity contribution in [1.29, 1.82) is 0 Å². The van der Waals surface area contributed by atoms with Gasteiger partial charge in [-0.3, -0.25) is 9.48 Å². The van der Waals surface area contributed by atoms with Crippen molar-refractivity contribution in [2.75, 3.05) is 19.7 Å². The molecule has 1 aromatic rings. The van der Waals surface area contributed by atoms with E-state index >= 15 is 0 Å². The minimum Gasteiger partial charge on any atom is -0.481 e. The van der Waals surface area contributed by atoms with Gasteiger partial charge in [-0.15, -0.1) is 0 Å². The molecule has 1 aliphatic rings. The molecule has 0 saturated carbocycles. The van der Waals surface area contributed by atoms with Crippen molar-refractivity contribution in [2.45, 2.75) is 26.0 Å². The van der Waals surface area contributed by atoms with Gasteiger partial charge in [0.25, 0.3) is 0 Å². The van der Waals surface area contributed by atoms with E-state index in [-0.39, 0.29) is 12.5 Å². The summed E-state index contributed by atoms with van der Waals surface area (Å²) in [4.78, 5) is 24.4. The molecule has 2 N–H and O–H groups in total. The fraction of sp³-hybridized carbons (Fsp3) is 0.615. The average molecular weight is 296 g/mol. The number of carboxylic acids is 1. The molecule has 0 aliphatic carbocycles. The largest absolute Gasteiger partial charge is 0.481 e. The maximum Gasteiger partial charge on any atom is 0.317 e. The van der Waals surface area contributed by atoms with Crippen LogP contribution in [-0.4, -0.2) is 57.6 Å². The van der Waals surface area contributed by atoms with E-state index in [1.807, 2.05) is 14.0 Å². The van der Waals surface area contributed by atoms with Crippen LogP contribution in [0.3, 0.4) is 0 Å². The van der Waals surface area contributed by atoms with Crippen LogP contribution < -0.4 is 5.32 Å². The first-order valence-electron chi connectivity index (χ1n) is 6.81. The highest BCUT2D eigenvalue weighted by Gasteiger charge is 2.25. The van der Waals surface area contributed by atoms with Crippen LogP contribution in [0.1, 0.15) is 17.7 Å². The predicted octanol–water partition coefficient (Wildman–Crippen LogP) is 0.114. The predicted molar refractivity (Wildman–Crippen MR) is 73.7 cm³/mol. The molecule has 1 saturated heterocycles. The zero-order valence-corrected chi connectivity index (χ0v) is 12.2. The summed E-state index contributed by atoms with van der Waals surface area (Å²) in [6, 6.07) is -0.211. The molecule has 1 fully saturated rings. The molecule has 116 valence electrons. The summed E-state index contributed by atoms with van der Waals surface area (Å²) in [6.45, 7) is 3.46. The molecule has 0 bridgehead atoms. The Balaban J connectivity index is 1.85. The molecular weight excluding hydrogens is 276 g/mol. The lowest BCUT2D eigenvalue weighted by Crippen LogP contribution is -2.49. The standard InChI is InChI=1S/C13H20N4O4/c1-9-10(7-15-16(9)2)6-14-13(20)17-3-4-21-11(8-17)5-12(18)19/h7,11H,3-6,8H2,1-2H3,(H,14,20)(H,18,19). The maximum absolute atomic E-state index is 12.1. The van der Waals surface area contributed by atoms with Gasteiger partial charge in [0.05, 0.1) is 25.3 Å². The summed E-state index contributed by atoms with van der Waals surface area (Å²) >= 11 is 0. The molecule has 8 heteroatoms. The molecule has 2 rings (SSSR count). The van der Waals surface area contributed by atoms with Gasteiger partial charge in [-0.05, 0) is 6.92 Å². The second kappa shape index (κ2) is 6.57. The number of urea groups is 1. The van der Waals surface area contributed by atoms with E-state index in [2.05, 4.69) is 10.4 Å². The third-order valence-corrected chi connectivity index (χ3v) is 3.60. The zero-order chi connectivity index (χ0) is 15.4. The summed E-state index contributed by atoms with van der Waals surface area (Å²) in [5.41, 5.74) is 1.96. The smallest absolute Gasteiger partial charge is 0.317 e. The van der Waals surface area contributed by atoms with Crippen LogP contribution in [0.2, 0.25) is 0 Å². The van der Waals surface area contributed by atoms with Gasteiger partial charge in [0.1, 0.15) is 0 Å². The Kier molecular flexibility index (Phi) is 4.79. The number of aromatic nitrogens is 2. The number of morpholine rings is 1. The van der Waals surface area contributed by atoms with Crippen LogP contribution in [0.5, 0.6) is 0 Å². The molecular formula is C13H20N4O4. The third-order valence-electron chi connectivity index (χ3n) is 3.60. The van der Waals surface area contributed by atoms with Crippen LogP contribution in [0.4, 0.5) is 4.79 Å². The van der Waals surface area contributed by atoms with Crippen molar-refractivity contribution in [3.8, 4) is 0 Å². The first-order valence-corrected chi connectivity index (χ1v) is 6.81. The lowest BCUT2D eigenvalue weighted by molar-refractivity contribution is -0.141. The summed E-state index contributed by atoms with van der Waals surface area (Å²) in [6.07, 6.45) is 1.19. The third kappa shape index (κ3) is 3.94. The minimum atomic E-state index is -0.923. The summed E-state index contributed by atoms with van der Waals surface area (Å²) < 4.78 is 7.09. The van der Waals surface area contributed by atoms with Crippen molar-refractivity contribution >= 4 is 12.0 Å². The van der Waals surface area contributed by atoms with E-state index in [0.29, 0.717) is 26.2 Å². The first kappa shape index (κ1) is 15.3. The number of hydrogen-bond donors (Lipinski definition) is 2. The Hall–Kier alpha value is -2.09. The number of nitrogens with zero attached hydrogens (tertiary/aromatic N) is 3. The van der Waals surface area contributed by atoms with Gasteiger partial charge in [0, 0.05) is 37.9 Å². The highest BCUT2D eigenvalue weighted by atomic mass is 16.5. The molecule has 0 aromatic carbocycles. The number of aryl methyl sites for hydroxylation is 1. The molecule has 1 aliphatic heterocycles. The number of nitrogens with one attached hydrogen (secondary N) is 1. The average Bonchev–Trinajstić information content (AvgIpc) is 2.76. The van der Waals surface area contributed by atoms with Crippen LogP contribution in [0.15, 0.2) is 6.20 Å². The van der Waals surface area contributed by atoms with Gasteiger partial charge in [-0.1, -0.05) is 0 Å². The van der Waals surface area contributed by atoms with Crippen molar-refractivity contribution < 1.29 is 19.4 Å². The van der Waals surface area contributed by atoms with Crippen molar-refractivity contribution in [3.05, 3.63) is 17.5 Å². The molecule has 0 radical (unpaired) electrons. The zero-order valence-electron chi connectivity index (χ0n) is 12.2. The fourth-order valence-corrected chi connectivity index (χ4v) is 2.22. The van der Waals surface area contributed by atoms with E-state index in [0.717, 1.165) is 11.3 Å². The van der Waals surface area contributed by atoms with Gasteiger partial charge in [0.2, 0.25) is 0 Å². The summed E-state index contributed by atoms with van der Waals surface area (Å²) in [5, 5.41) is 15.7. The first-order chi connectivity index (χ1) is 9.97. The molecule has 2 heterocycles. The molecule has 1 unspecified atom stereocenters. The Morgan fingerprint density at radius 3 is 2.95 bits per heavy atom. The van der Waals surface area contributed by atoms with Gasteiger partial charge in [0.15, 0.2) is 0 Å². The summed E-state index contributed by atoms with van der Waals surface area (Å²) in [7, 11) is 1.85. The lowest BCUT2D eigenvalue weighted by atomic mass is 10.2. The number of aliphatic carboxylic acids is 1. The number of ether oxygens (including phenoxy) is 1. The molecule has 8 nitrogen and oxygen atoms in total. The second-order valence-electron chi connectivity index (χ2n) is 5.07. The highest BCUT2D eigenvalue weighted by molar-refractivity contribution is 5.74. The Morgan fingerprint density at radius 1 is 1.57 bits per heavy atom. The van der Waals surface area contributed by atoms with Gasteiger partial charge in [-0.25, -0.2) is 4.79 Å². The van der Waals surface area contributed by atoms with E-state index in [9.17, 15) is 9.59 Å². The quantitative estimate of drug-likeness (QED) is 0.822. The number of hydrogen-bond acceptors (Lipinski definition) is 4. The SMILES string of the molecule is Cc1c(CNC(=O)N2CCOC(CC(=O)O)C2)cnn1C. The fourth-order valence-electron chi connectivity index (χ4n) is 2.22. The monoisotopic (exact) mass is 296 g/mol.